The van der Waals surface area contributed by atoms with Gasteiger partial charge >= 0.3 is 5.97 Å². The van der Waals surface area contributed by atoms with Gasteiger partial charge in [0.1, 0.15) is 9.48 Å². The first kappa shape index (κ1) is 20.7. The fourth-order valence-electron chi connectivity index (χ4n) is 3.18. The normalized spacial score (nSPS) is 19.6. The highest BCUT2D eigenvalue weighted by molar-refractivity contribution is 9.10. The third kappa shape index (κ3) is 4.20. The molecule has 2 aromatic rings. The van der Waals surface area contributed by atoms with E-state index in [9.17, 15) is 14.7 Å². The molecular weight excluding hydrogens is 450 g/mol. The molecule has 152 valence electrons. The first-order valence-corrected chi connectivity index (χ1v) is 10.5. The summed E-state index contributed by atoms with van der Waals surface area (Å²) < 4.78 is 6.24. The molecule has 1 amide bonds. The summed E-state index contributed by atoms with van der Waals surface area (Å²) in [6.45, 7) is 4.82. The third-order valence-corrected chi connectivity index (χ3v) is 6.59. The minimum absolute atomic E-state index is 0.178. The maximum Gasteiger partial charge on any atom is 0.347 e. The number of carbonyl (C=O) groups is 2. The number of thiazole rings is 1. The fourth-order valence-corrected chi connectivity index (χ4v) is 4.67. The summed E-state index contributed by atoms with van der Waals surface area (Å²) in [7, 11) is 1.60. The average molecular weight is 472 g/mol. The number of piperidine rings is 1. The zero-order valence-electron chi connectivity index (χ0n) is 15.8. The topological polar surface area (TPSA) is 120 Å². The van der Waals surface area contributed by atoms with Gasteiger partial charge in [0.15, 0.2) is 11.0 Å². The van der Waals surface area contributed by atoms with Crippen LogP contribution in [0.4, 0.5) is 5.13 Å². The van der Waals surface area contributed by atoms with E-state index >= 15 is 0 Å². The number of aromatic amines is 1. The summed E-state index contributed by atoms with van der Waals surface area (Å²) >= 11 is 4.50. The van der Waals surface area contributed by atoms with E-state index in [1.807, 2.05) is 11.8 Å². The number of imidazole rings is 1. The van der Waals surface area contributed by atoms with Crippen molar-refractivity contribution in [2.75, 3.05) is 25.1 Å². The highest BCUT2D eigenvalue weighted by atomic mass is 79.9. The smallest absolute Gasteiger partial charge is 0.347 e. The van der Waals surface area contributed by atoms with Crippen LogP contribution in [0, 0.1) is 6.92 Å². The van der Waals surface area contributed by atoms with Gasteiger partial charge in [0, 0.05) is 25.9 Å². The maximum absolute atomic E-state index is 12.6. The number of carboxylic acids is 1. The number of halogens is 1. The first-order chi connectivity index (χ1) is 13.3. The van der Waals surface area contributed by atoms with Crippen LogP contribution in [0.2, 0.25) is 0 Å². The Morgan fingerprint density at radius 3 is 2.79 bits per heavy atom. The number of aromatic carboxylic acids is 1. The van der Waals surface area contributed by atoms with Gasteiger partial charge in [-0.1, -0.05) is 18.3 Å². The van der Waals surface area contributed by atoms with E-state index in [0.717, 1.165) is 23.5 Å². The number of hydrogen-bond donors (Lipinski definition) is 3. The zero-order chi connectivity index (χ0) is 20.4. The summed E-state index contributed by atoms with van der Waals surface area (Å²) in [6.07, 6.45) is 1.14. The molecule has 3 rings (SSSR count). The average Bonchev–Trinajstić information content (AvgIpc) is 3.24. The molecule has 0 spiro atoms. The van der Waals surface area contributed by atoms with E-state index in [1.54, 1.807) is 14.0 Å². The number of carboxylic acid groups (broad SMARTS) is 1. The number of amides is 1. The molecule has 1 saturated heterocycles. The molecule has 0 bridgehead atoms. The number of aromatic nitrogens is 3. The standard InChI is InChI=1S/C17H22BrN5O4S/c1-4-9-13(18)22-14(20-9)15(24)21-10-5-6-23(7-11(10)27-3)17-19-8(2)12(28-17)16(25)26/h10-11H,4-7H2,1-3H3,(H,20,22)(H,21,24)(H,25,26)/t10-,11+/m0/s1. The number of nitrogens with one attached hydrogen (secondary N) is 2. The van der Waals surface area contributed by atoms with Gasteiger partial charge in [0.05, 0.1) is 17.8 Å². The second-order valence-corrected chi connectivity index (χ2v) is 8.24. The molecule has 0 unspecified atom stereocenters. The number of anilines is 1. The van der Waals surface area contributed by atoms with Crippen molar-refractivity contribution in [3.05, 3.63) is 26.7 Å². The third-order valence-electron chi connectivity index (χ3n) is 4.73. The van der Waals surface area contributed by atoms with E-state index in [-0.39, 0.29) is 28.8 Å². The van der Waals surface area contributed by atoms with Gasteiger partial charge in [-0.15, -0.1) is 0 Å². The second kappa shape index (κ2) is 8.58. The molecule has 3 heterocycles. The lowest BCUT2D eigenvalue weighted by atomic mass is 10.0. The van der Waals surface area contributed by atoms with E-state index < -0.39 is 5.97 Å². The predicted molar refractivity (Wildman–Crippen MR) is 108 cm³/mol. The highest BCUT2D eigenvalue weighted by Crippen LogP contribution is 2.29. The van der Waals surface area contributed by atoms with Gasteiger partial charge in [-0.25, -0.2) is 14.8 Å². The fraction of sp³-hybridized carbons (Fsp3) is 0.529. The van der Waals surface area contributed by atoms with Crippen LogP contribution in [0.1, 0.15) is 45.0 Å². The summed E-state index contributed by atoms with van der Waals surface area (Å²) in [4.78, 5) is 37.7. The number of rotatable bonds is 6. The lowest BCUT2D eigenvalue weighted by Gasteiger charge is -2.37. The molecule has 9 nitrogen and oxygen atoms in total. The Labute approximate surface area is 174 Å². The quantitative estimate of drug-likeness (QED) is 0.590. The van der Waals surface area contributed by atoms with Crippen LogP contribution < -0.4 is 10.2 Å². The summed E-state index contributed by atoms with van der Waals surface area (Å²) in [5.41, 5.74) is 1.38. The van der Waals surface area contributed by atoms with Gasteiger partial charge in [-0.3, -0.25) is 4.79 Å². The van der Waals surface area contributed by atoms with Crippen LogP contribution >= 0.6 is 27.3 Å². The van der Waals surface area contributed by atoms with Crippen molar-refractivity contribution < 1.29 is 19.4 Å². The Kier molecular flexibility index (Phi) is 6.36. The molecule has 11 heteroatoms. The predicted octanol–water partition coefficient (Wildman–Crippen LogP) is 2.22. The van der Waals surface area contributed by atoms with E-state index in [1.165, 1.54) is 0 Å². The molecule has 0 radical (unpaired) electrons. The van der Waals surface area contributed by atoms with Gasteiger partial charge in [0.2, 0.25) is 0 Å². The molecule has 0 aliphatic carbocycles. The van der Waals surface area contributed by atoms with Crippen LogP contribution in [0.5, 0.6) is 0 Å². The zero-order valence-corrected chi connectivity index (χ0v) is 18.2. The van der Waals surface area contributed by atoms with Crippen LogP contribution in [0.25, 0.3) is 0 Å². The molecule has 2 aromatic heterocycles. The minimum Gasteiger partial charge on any atom is -0.477 e. The van der Waals surface area contributed by atoms with E-state index in [4.69, 9.17) is 4.74 Å². The van der Waals surface area contributed by atoms with Crippen molar-refractivity contribution in [2.24, 2.45) is 0 Å². The second-order valence-electron chi connectivity index (χ2n) is 6.51. The number of H-pyrrole nitrogens is 1. The highest BCUT2D eigenvalue weighted by Gasteiger charge is 2.33. The Morgan fingerprint density at radius 1 is 1.46 bits per heavy atom. The summed E-state index contributed by atoms with van der Waals surface area (Å²) in [6, 6.07) is -0.178. The van der Waals surface area contributed by atoms with E-state index in [0.29, 0.717) is 34.9 Å². The van der Waals surface area contributed by atoms with Gasteiger partial charge < -0.3 is 25.0 Å². The first-order valence-electron chi connectivity index (χ1n) is 8.87. The molecule has 0 saturated carbocycles. The monoisotopic (exact) mass is 471 g/mol. The molecule has 1 aliphatic heterocycles. The largest absolute Gasteiger partial charge is 0.477 e. The molecule has 0 aromatic carbocycles. The molecular formula is C17H22BrN5O4S. The van der Waals surface area contributed by atoms with Crippen molar-refractivity contribution in [3.8, 4) is 0 Å². The van der Waals surface area contributed by atoms with Crippen molar-refractivity contribution >= 4 is 44.3 Å². The summed E-state index contributed by atoms with van der Waals surface area (Å²) in [5, 5.41) is 12.9. The van der Waals surface area contributed by atoms with Gasteiger partial charge in [-0.05, 0) is 35.7 Å². The number of nitrogens with zero attached hydrogens (tertiary/aromatic N) is 3. The number of carbonyl (C=O) groups excluding carboxylic acids is 1. The van der Waals surface area contributed by atoms with Gasteiger partial charge in [-0.2, -0.15) is 0 Å². The number of methoxy groups -OCH3 is 1. The van der Waals surface area contributed by atoms with Crippen molar-refractivity contribution in [3.63, 3.8) is 0 Å². The Balaban J connectivity index is 1.68. The SMILES string of the molecule is CCc1[nH]c(C(=O)N[C@H]2CCN(c3nc(C)c(C(=O)O)s3)C[C@H]2OC)nc1Br. The molecule has 28 heavy (non-hydrogen) atoms. The molecule has 2 atom stereocenters. The Hall–Kier alpha value is -1.98. The van der Waals surface area contributed by atoms with Gasteiger partial charge in [0.25, 0.3) is 5.91 Å². The summed E-state index contributed by atoms with van der Waals surface area (Å²) in [5.74, 6) is -0.982. The number of hydrogen-bond acceptors (Lipinski definition) is 7. The van der Waals surface area contributed by atoms with Crippen LogP contribution in [-0.4, -0.2) is 64.3 Å². The van der Waals surface area contributed by atoms with Crippen LogP contribution in [-0.2, 0) is 11.2 Å². The van der Waals surface area contributed by atoms with E-state index in [2.05, 4.69) is 36.2 Å². The number of aryl methyl sites for hydroxylation is 2. The number of ether oxygens (including phenoxy) is 1. The molecule has 1 fully saturated rings. The Bertz CT molecular complexity index is 883. The van der Waals surface area contributed by atoms with Crippen LogP contribution in [0.3, 0.4) is 0 Å². The van der Waals surface area contributed by atoms with Crippen molar-refractivity contribution in [2.45, 2.75) is 38.8 Å². The van der Waals surface area contributed by atoms with Crippen molar-refractivity contribution in [1.29, 1.82) is 0 Å². The minimum atomic E-state index is -0.970. The Morgan fingerprint density at radius 2 is 2.21 bits per heavy atom. The maximum atomic E-state index is 12.6. The lowest BCUT2D eigenvalue weighted by molar-refractivity contribution is 0.0538. The molecule has 3 N–H and O–H groups in total. The van der Waals surface area contributed by atoms with Crippen LogP contribution in [0.15, 0.2) is 4.60 Å². The van der Waals surface area contributed by atoms with Crippen molar-refractivity contribution in [1.82, 2.24) is 20.3 Å². The molecule has 1 aliphatic rings. The lowest BCUT2D eigenvalue weighted by Crippen LogP contribution is -2.55.